The number of halogens is 1. The zero-order valence-electron chi connectivity index (χ0n) is 20.0. The first-order valence-electron chi connectivity index (χ1n) is 11.9. The third kappa shape index (κ3) is 4.63. The molecule has 1 saturated heterocycles. The van der Waals surface area contributed by atoms with Crippen LogP contribution in [0.3, 0.4) is 0 Å². The summed E-state index contributed by atoms with van der Waals surface area (Å²) in [6, 6.07) is 20.3. The van der Waals surface area contributed by atoms with Crippen LogP contribution in [0.5, 0.6) is 11.5 Å². The van der Waals surface area contributed by atoms with E-state index in [0.29, 0.717) is 19.5 Å². The van der Waals surface area contributed by atoms with Gasteiger partial charge in [-0.2, -0.15) is 0 Å². The number of hydrogen-bond donors (Lipinski definition) is 1. The van der Waals surface area contributed by atoms with Gasteiger partial charge in [0.25, 0.3) is 0 Å². The van der Waals surface area contributed by atoms with Crippen LogP contribution in [0.15, 0.2) is 66.7 Å². The Labute approximate surface area is 205 Å². The summed E-state index contributed by atoms with van der Waals surface area (Å²) in [5.41, 5.74) is 4.19. The summed E-state index contributed by atoms with van der Waals surface area (Å²) in [5.74, 6) is 1.14. The van der Waals surface area contributed by atoms with E-state index in [1.165, 1.54) is 12.1 Å². The second-order valence-corrected chi connectivity index (χ2v) is 9.03. The van der Waals surface area contributed by atoms with Crippen LogP contribution in [0.2, 0.25) is 0 Å². The molecule has 6 nitrogen and oxygen atoms in total. The standard InChI is InChI=1S/C28H30FN3O3/c1-34-22-12-9-20-15-23(28(33)30-17-19-7-10-21(29)11-8-19)26-18-31(13-14-32(26)25(20)16-22)24-5-3-4-6-27(24)35-2/h3-12,16,23,26H,13-15,17-18H2,1-2H3,(H,30,33)/t23-,26+/m0/s1. The molecule has 0 radical (unpaired) electrons. The predicted octanol–water partition coefficient (Wildman–Crippen LogP) is 4.03. The van der Waals surface area contributed by atoms with Gasteiger partial charge < -0.3 is 24.6 Å². The SMILES string of the molecule is COc1ccc2c(c1)N1CCN(c3ccccc3OC)C[C@@H]1[C@@H](C(=O)NCc1ccc(F)cc1)C2. The van der Waals surface area contributed by atoms with Gasteiger partial charge in [0.2, 0.25) is 5.91 Å². The van der Waals surface area contributed by atoms with Crippen LogP contribution in [0.4, 0.5) is 15.8 Å². The van der Waals surface area contributed by atoms with Crippen LogP contribution in [0.25, 0.3) is 0 Å². The second kappa shape index (κ2) is 9.86. The first-order valence-corrected chi connectivity index (χ1v) is 11.9. The molecule has 35 heavy (non-hydrogen) atoms. The Bertz CT molecular complexity index is 1200. The molecule has 2 aliphatic rings. The highest BCUT2D eigenvalue weighted by atomic mass is 19.1. The van der Waals surface area contributed by atoms with Crippen LogP contribution >= 0.6 is 0 Å². The van der Waals surface area contributed by atoms with Gasteiger partial charge in [0.15, 0.2) is 0 Å². The molecule has 182 valence electrons. The zero-order valence-corrected chi connectivity index (χ0v) is 20.0. The summed E-state index contributed by atoms with van der Waals surface area (Å²) in [7, 11) is 3.36. The lowest BCUT2D eigenvalue weighted by atomic mass is 9.83. The largest absolute Gasteiger partial charge is 0.497 e. The highest BCUT2D eigenvalue weighted by Crippen LogP contribution is 2.40. The van der Waals surface area contributed by atoms with E-state index in [4.69, 9.17) is 9.47 Å². The Morgan fingerprint density at radius 3 is 2.57 bits per heavy atom. The van der Waals surface area contributed by atoms with Crippen molar-refractivity contribution in [1.29, 1.82) is 0 Å². The number of piperazine rings is 1. The van der Waals surface area contributed by atoms with Gasteiger partial charge in [-0.15, -0.1) is 0 Å². The fourth-order valence-corrected chi connectivity index (χ4v) is 5.24. The topological polar surface area (TPSA) is 54.0 Å². The van der Waals surface area contributed by atoms with Gasteiger partial charge in [-0.05, 0) is 47.9 Å². The summed E-state index contributed by atoms with van der Waals surface area (Å²) >= 11 is 0. The number of anilines is 2. The van der Waals surface area contributed by atoms with Crippen LogP contribution in [-0.4, -0.2) is 45.8 Å². The average molecular weight is 476 g/mol. The van der Waals surface area contributed by atoms with Gasteiger partial charge in [0.05, 0.1) is 31.9 Å². The maximum absolute atomic E-state index is 13.5. The van der Waals surface area contributed by atoms with Gasteiger partial charge in [-0.3, -0.25) is 4.79 Å². The van der Waals surface area contributed by atoms with Crippen molar-refractivity contribution < 1.29 is 18.7 Å². The van der Waals surface area contributed by atoms with Crippen molar-refractivity contribution in [3.63, 3.8) is 0 Å². The van der Waals surface area contributed by atoms with Crippen LogP contribution in [0.1, 0.15) is 11.1 Å². The van der Waals surface area contributed by atoms with Crippen molar-refractivity contribution in [3.8, 4) is 11.5 Å². The highest BCUT2D eigenvalue weighted by molar-refractivity contribution is 5.82. The van der Waals surface area contributed by atoms with E-state index in [9.17, 15) is 9.18 Å². The number of carbonyl (C=O) groups is 1. The fraction of sp³-hybridized carbons (Fsp3) is 0.321. The fourth-order valence-electron chi connectivity index (χ4n) is 5.24. The molecule has 0 aliphatic carbocycles. The summed E-state index contributed by atoms with van der Waals surface area (Å²) in [6.45, 7) is 2.67. The molecule has 0 aromatic heterocycles. The molecule has 1 fully saturated rings. The van der Waals surface area contributed by atoms with E-state index >= 15 is 0 Å². The minimum absolute atomic E-state index is 0.00710. The molecule has 0 saturated carbocycles. The lowest BCUT2D eigenvalue weighted by Crippen LogP contribution is -2.61. The van der Waals surface area contributed by atoms with E-state index in [1.54, 1.807) is 26.4 Å². The number of nitrogens with one attached hydrogen (secondary N) is 1. The van der Waals surface area contributed by atoms with Crippen LogP contribution in [0, 0.1) is 11.7 Å². The number of benzene rings is 3. The highest BCUT2D eigenvalue weighted by Gasteiger charge is 2.42. The quantitative estimate of drug-likeness (QED) is 0.584. The van der Waals surface area contributed by atoms with Crippen molar-refractivity contribution in [3.05, 3.63) is 83.7 Å². The number of ether oxygens (including phenoxy) is 2. The molecule has 7 heteroatoms. The molecule has 3 aromatic carbocycles. The van der Waals surface area contributed by atoms with Gasteiger partial charge in [-0.25, -0.2) is 4.39 Å². The van der Waals surface area contributed by atoms with Crippen molar-refractivity contribution in [2.24, 2.45) is 5.92 Å². The third-order valence-electron chi connectivity index (χ3n) is 7.07. The Hall–Kier alpha value is -3.74. The van der Waals surface area contributed by atoms with E-state index in [1.807, 2.05) is 24.3 Å². The van der Waals surface area contributed by atoms with Gasteiger partial charge in [0, 0.05) is 37.9 Å². The summed E-state index contributed by atoms with van der Waals surface area (Å²) in [4.78, 5) is 18.2. The zero-order chi connectivity index (χ0) is 24.4. The van der Waals surface area contributed by atoms with Crippen molar-refractivity contribution in [2.45, 2.75) is 19.0 Å². The second-order valence-electron chi connectivity index (χ2n) is 9.03. The number of carbonyl (C=O) groups excluding carboxylic acids is 1. The first-order chi connectivity index (χ1) is 17.1. The minimum Gasteiger partial charge on any atom is -0.497 e. The molecule has 5 rings (SSSR count). The maximum Gasteiger partial charge on any atom is 0.225 e. The van der Waals surface area contributed by atoms with E-state index in [0.717, 1.165) is 47.1 Å². The van der Waals surface area contributed by atoms with E-state index in [2.05, 4.69) is 33.3 Å². The number of hydrogen-bond acceptors (Lipinski definition) is 5. The molecular weight excluding hydrogens is 445 g/mol. The van der Waals surface area contributed by atoms with Gasteiger partial charge >= 0.3 is 0 Å². The number of fused-ring (bicyclic) bond motifs is 3. The minimum atomic E-state index is -0.284. The van der Waals surface area contributed by atoms with Crippen LogP contribution in [-0.2, 0) is 17.8 Å². The van der Waals surface area contributed by atoms with E-state index in [-0.39, 0.29) is 23.7 Å². The number of para-hydroxylation sites is 2. The molecule has 1 N–H and O–H groups in total. The Kier molecular flexibility index (Phi) is 6.49. The smallest absolute Gasteiger partial charge is 0.225 e. The molecule has 3 aromatic rings. The van der Waals surface area contributed by atoms with Crippen molar-refractivity contribution in [2.75, 3.05) is 43.7 Å². The average Bonchev–Trinajstić information content (AvgIpc) is 2.91. The summed E-state index contributed by atoms with van der Waals surface area (Å²) < 4.78 is 24.4. The first kappa shape index (κ1) is 23.0. The molecule has 1 amide bonds. The number of methoxy groups -OCH3 is 2. The molecule has 2 aliphatic heterocycles. The number of rotatable bonds is 6. The third-order valence-corrected chi connectivity index (χ3v) is 7.07. The summed E-state index contributed by atoms with van der Waals surface area (Å²) in [5, 5.41) is 3.10. The molecule has 2 atom stereocenters. The lowest BCUT2D eigenvalue weighted by molar-refractivity contribution is -0.126. The number of nitrogens with zero attached hydrogens (tertiary/aromatic N) is 2. The normalized spacial score (nSPS) is 18.9. The molecule has 2 heterocycles. The van der Waals surface area contributed by atoms with Crippen molar-refractivity contribution in [1.82, 2.24) is 5.32 Å². The predicted molar refractivity (Wildman–Crippen MR) is 135 cm³/mol. The molecule has 0 bridgehead atoms. The Morgan fingerprint density at radius 1 is 1.00 bits per heavy atom. The molecular formula is C28H30FN3O3. The van der Waals surface area contributed by atoms with Crippen LogP contribution < -0.4 is 24.6 Å². The maximum atomic E-state index is 13.5. The van der Waals surface area contributed by atoms with Crippen molar-refractivity contribution >= 4 is 17.3 Å². The monoisotopic (exact) mass is 475 g/mol. The summed E-state index contributed by atoms with van der Waals surface area (Å²) in [6.07, 6.45) is 0.648. The van der Waals surface area contributed by atoms with Gasteiger partial charge in [0.1, 0.15) is 17.3 Å². The lowest BCUT2D eigenvalue weighted by Gasteiger charge is -2.49. The Morgan fingerprint density at radius 2 is 1.80 bits per heavy atom. The molecule has 0 spiro atoms. The Balaban J connectivity index is 1.42. The number of amides is 1. The molecule has 0 unspecified atom stereocenters. The van der Waals surface area contributed by atoms with E-state index < -0.39 is 0 Å². The van der Waals surface area contributed by atoms with Gasteiger partial charge in [-0.1, -0.05) is 30.3 Å².